The lowest BCUT2D eigenvalue weighted by molar-refractivity contribution is -0.132. The summed E-state index contributed by atoms with van der Waals surface area (Å²) in [7, 11) is 0. The number of carbonyl (C=O) groups is 1. The van der Waals surface area contributed by atoms with Crippen molar-refractivity contribution in [3.05, 3.63) is 30.5 Å². The van der Waals surface area contributed by atoms with Gasteiger partial charge in [0.1, 0.15) is 0 Å². The molecule has 0 bridgehead atoms. The van der Waals surface area contributed by atoms with Gasteiger partial charge in [-0.3, -0.25) is 4.79 Å². The summed E-state index contributed by atoms with van der Waals surface area (Å²) in [5, 5.41) is 9.72. The third-order valence-corrected chi connectivity index (χ3v) is 5.77. The van der Waals surface area contributed by atoms with E-state index in [1.807, 2.05) is 35.4 Å². The minimum Gasteiger partial charge on any atom is -0.411 e. The Balaban J connectivity index is 1.43. The monoisotopic (exact) mass is 370 g/mol. The summed E-state index contributed by atoms with van der Waals surface area (Å²) >= 11 is 1.32. The van der Waals surface area contributed by atoms with Crippen molar-refractivity contribution in [3.8, 4) is 11.5 Å². The van der Waals surface area contributed by atoms with E-state index in [0.29, 0.717) is 22.9 Å². The summed E-state index contributed by atoms with van der Waals surface area (Å²) in [4.78, 5) is 17.8. The van der Waals surface area contributed by atoms with Crippen LogP contribution in [0.3, 0.4) is 0 Å². The Kier molecular flexibility index (Phi) is 4.97. The third-order valence-electron chi connectivity index (χ3n) is 4.96. The van der Waals surface area contributed by atoms with Crippen LogP contribution in [-0.2, 0) is 4.79 Å². The SMILES string of the molecule is CCC1CCCCN1C(=O)CSc1nnc(-c2c[nH]c3ccccc23)o1. The second-order valence-electron chi connectivity index (χ2n) is 6.55. The Morgan fingerprint density at radius 2 is 2.23 bits per heavy atom. The molecule has 1 saturated heterocycles. The summed E-state index contributed by atoms with van der Waals surface area (Å²) in [6.07, 6.45) is 6.31. The molecule has 3 heterocycles. The van der Waals surface area contributed by atoms with Crippen molar-refractivity contribution in [1.82, 2.24) is 20.1 Å². The fourth-order valence-corrected chi connectivity index (χ4v) is 4.23. The molecule has 1 unspecified atom stereocenters. The standard InChI is InChI=1S/C19H22N4O2S/c1-2-13-7-5-6-10-23(13)17(24)12-26-19-22-21-18(25-19)15-11-20-16-9-4-3-8-14(15)16/h3-4,8-9,11,13,20H,2,5-7,10,12H2,1H3. The molecule has 2 aromatic heterocycles. The summed E-state index contributed by atoms with van der Waals surface area (Å²) in [5.74, 6) is 0.974. The number of fused-ring (bicyclic) bond motifs is 1. The first-order valence-corrected chi connectivity index (χ1v) is 10.1. The fraction of sp³-hybridized carbons (Fsp3) is 0.421. The number of thioether (sulfide) groups is 1. The van der Waals surface area contributed by atoms with Crippen LogP contribution in [0.15, 0.2) is 40.1 Å². The first-order chi connectivity index (χ1) is 12.8. The van der Waals surface area contributed by atoms with Gasteiger partial charge in [0, 0.05) is 29.7 Å². The van der Waals surface area contributed by atoms with Crippen molar-refractivity contribution >= 4 is 28.6 Å². The van der Waals surface area contributed by atoms with Gasteiger partial charge >= 0.3 is 0 Å². The number of H-pyrrole nitrogens is 1. The molecule has 0 radical (unpaired) electrons. The molecule has 4 rings (SSSR count). The number of nitrogens with one attached hydrogen (secondary N) is 1. The first kappa shape index (κ1) is 17.1. The minimum atomic E-state index is 0.161. The predicted molar refractivity (Wildman–Crippen MR) is 102 cm³/mol. The topological polar surface area (TPSA) is 75.0 Å². The maximum Gasteiger partial charge on any atom is 0.277 e. The second kappa shape index (κ2) is 7.53. The van der Waals surface area contributed by atoms with Gasteiger partial charge in [-0.2, -0.15) is 0 Å². The van der Waals surface area contributed by atoms with Gasteiger partial charge < -0.3 is 14.3 Å². The Morgan fingerprint density at radius 1 is 1.35 bits per heavy atom. The van der Waals surface area contributed by atoms with Crippen LogP contribution in [0.5, 0.6) is 0 Å². The van der Waals surface area contributed by atoms with Crippen LogP contribution in [0, 0.1) is 0 Å². The van der Waals surface area contributed by atoms with Crippen LogP contribution in [-0.4, -0.2) is 44.3 Å². The molecule has 1 fully saturated rings. The number of aromatic amines is 1. The van der Waals surface area contributed by atoms with Gasteiger partial charge in [-0.25, -0.2) is 0 Å². The first-order valence-electron chi connectivity index (χ1n) is 9.08. The molecule has 1 atom stereocenters. The van der Waals surface area contributed by atoms with Crippen molar-refractivity contribution in [2.45, 2.75) is 43.9 Å². The van der Waals surface area contributed by atoms with Crippen LogP contribution in [0.2, 0.25) is 0 Å². The maximum atomic E-state index is 12.6. The molecular weight excluding hydrogens is 348 g/mol. The zero-order chi connectivity index (χ0) is 17.9. The molecule has 1 aliphatic heterocycles. The highest BCUT2D eigenvalue weighted by molar-refractivity contribution is 7.99. The molecule has 1 N–H and O–H groups in total. The molecular formula is C19H22N4O2S. The van der Waals surface area contributed by atoms with E-state index in [1.165, 1.54) is 18.2 Å². The van der Waals surface area contributed by atoms with Gasteiger partial charge in [0.05, 0.1) is 11.3 Å². The number of amides is 1. The van der Waals surface area contributed by atoms with Gasteiger partial charge in [-0.05, 0) is 31.7 Å². The van der Waals surface area contributed by atoms with E-state index in [9.17, 15) is 4.79 Å². The number of benzene rings is 1. The molecule has 1 aromatic carbocycles. The number of hydrogen-bond acceptors (Lipinski definition) is 5. The average molecular weight is 370 g/mol. The number of piperidine rings is 1. The molecule has 0 spiro atoms. The van der Waals surface area contributed by atoms with Crippen molar-refractivity contribution in [2.24, 2.45) is 0 Å². The maximum absolute atomic E-state index is 12.6. The van der Waals surface area contributed by atoms with Crippen LogP contribution in [0.4, 0.5) is 0 Å². The summed E-state index contributed by atoms with van der Waals surface area (Å²) < 4.78 is 5.78. The van der Waals surface area contributed by atoms with Gasteiger partial charge in [0.2, 0.25) is 5.91 Å². The summed E-state index contributed by atoms with van der Waals surface area (Å²) in [6, 6.07) is 8.36. The fourth-order valence-electron chi connectivity index (χ4n) is 3.59. The van der Waals surface area contributed by atoms with E-state index in [2.05, 4.69) is 22.1 Å². The molecule has 26 heavy (non-hydrogen) atoms. The van der Waals surface area contributed by atoms with Gasteiger partial charge in [0.15, 0.2) is 0 Å². The van der Waals surface area contributed by atoms with Crippen molar-refractivity contribution in [1.29, 1.82) is 0 Å². The number of rotatable bonds is 5. The normalized spacial score (nSPS) is 17.7. The number of carbonyl (C=O) groups excluding carboxylic acids is 1. The summed E-state index contributed by atoms with van der Waals surface area (Å²) in [6.45, 7) is 3.01. The highest BCUT2D eigenvalue weighted by Gasteiger charge is 2.25. The molecule has 1 aliphatic rings. The van der Waals surface area contributed by atoms with E-state index < -0.39 is 0 Å². The Morgan fingerprint density at radius 3 is 3.12 bits per heavy atom. The number of aromatic nitrogens is 3. The zero-order valence-corrected chi connectivity index (χ0v) is 15.6. The zero-order valence-electron chi connectivity index (χ0n) is 14.8. The predicted octanol–water partition coefficient (Wildman–Crippen LogP) is 4.10. The molecule has 1 amide bonds. The largest absolute Gasteiger partial charge is 0.411 e. The molecule has 6 nitrogen and oxygen atoms in total. The van der Waals surface area contributed by atoms with Gasteiger partial charge in [-0.15, -0.1) is 10.2 Å². The molecule has 0 aliphatic carbocycles. The third kappa shape index (κ3) is 3.35. The van der Waals surface area contributed by atoms with Gasteiger partial charge in [0.25, 0.3) is 11.1 Å². The van der Waals surface area contributed by atoms with Crippen LogP contribution in [0.1, 0.15) is 32.6 Å². The lowest BCUT2D eigenvalue weighted by Gasteiger charge is -2.35. The van der Waals surface area contributed by atoms with Gasteiger partial charge in [-0.1, -0.05) is 36.9 Å². The van der Waals surface area contributed by atoms with E-state index in [-0.39, 0.29) is 5.91 Å². The summed E-state index contributed by atoms with van der Waals surface area (Å²) in [5.41, 5.74) is 1.91. The van der Waals surface area contributed by atoms with Crippen LogP contribution < -0.4 is 0 Å². The number of likely N-dealkylation sites (tertiary alicyclic amines) is 1. The van der Waals surface area contributed by atoms with Crippen molar-refractivity contribution in [2.75, 3.05) is 12.3 Å². The average Bonchev–Trinajstić information content (AvgIpc) is 3.32. The highest BCUT2D eigenvalue weighted by atomic mass is 32.2. The van der Waals surface area contributed by atoms with E-state index >= 15 is 0 Å². The second-order valence-corrected chi connectivity index (χ2v) is 7.48. The molecule has 7 heteroatoms. The highest BCUT2D eigenvalue weighted by Crippen LogP contribution is 2.30. The Bertz CT molecular complexity index is 904. The quantitative estimate of drug-likeness (QED) is 0.684. The molecule has 136 valence electrons. The number of nitrogens with zero attached hydrogens (tertiary/aromatic N) is 3. The number of para-hydroxylation sites is 1. The van der Waals surface area contributed by atoms with E-state index in [1.54, 1.807) is 0 Å². The molecule has 3 aromatic rings. The van der Waals surface area contributed by atoms with Crippen molar-refractivity contribution in [3.63, 3.8) is 0 Å². The smallest absolute Gasteiger partial charge is 0.277 e. The Hall–Kier alpha value is -2.28. The van der Waals surface area contributed by atoms with Crippen LogP contribution in [0.25, 0.3) is 22.4 Å². The lowest BCUT2D eigenvalue weighted by atomic mass is 10.0. The Labute approximate surface area is 156 Å². The van der Waals surface area contributed by atoms with Crippen molar-refractivity contribution < 1.29 is 9.21 Å². The lowest BCUT2D eigenvalue weighted by Crippen LogP contribution is -2.44. The minimum absolute atomic E-state index is 0.161. The van der Waals surface area contributed by atoms with E-state index in [0.717, 1.165) is 42.3 Å². The van der Waals surface area contributed by atoms with E-state index in [4.69, 9.17) is 4.42 Å². The number of hydrogen-bond donors (Lipinski definition) is 1. The van der Waals surface area contributed by atoms with Crippen LogP contribution >= 0.6 is 11.8 Å². The molecule has 0 saturated carbocycles.